The van der Waals surface area contributed by atoms with Gasteiger partial charge in [-0.1, -0.05) is 50.2 Å². The molecule has 3 nitrogen and oxygen atoms in total. The van der Waals surface area contributed by atoms with Crippen LogP contribution in [0.5, 0.6) is 0 Å². The molecule has 0 aromatic heterocycles. The van der Waals surface area contributed by atoms with E-state index in [0.29, 0.717) is 12.5 Å². The SMILES string of the molecule is CC(C)CN1CCc2ccc(C(=O)NCc3ccccc3)cc2CC1. The molecule has 0 fully saturated rings. The Bertz CT molecular complexity index is 709. The fraction of sp³-hybridized carbons (Fsp3) is 0.409. The molecule has 2 aromatic rings. The number of hydrogen-bond donors (Lipinski definition) is 1. The van der Waals surface area contributed by atoms with Crippen LogP contribution in [0.2, 0.25) is 0 Å². The van der Waals surface area contributed by atoms with E-state index >= 15 is 0 Å². The summed E-state index contributed by atoms with van der Waals surface area (Å²) in [4.78, 5) is 15.0. The number of fused-ring (bicyclic) bond motifs is 1. The van der Waals surface area contributed by atoms with Crippen molar-refractivity contribution in [3.8, 4) is 0 Å². The van der Waals surface area contributed by atoms with Gasteiger partial charge in [0.2, 0.25) is 0 Å². The van der Waals surface area contributed by atoms with Gasteiger partial charge in [0.1, 0.15) is 0 Å². The van der Waals surface area contributed by atoms with Gasteiger partial charge in [-0.15, -0.1) is 0 Å². The van der Waals surface area contributed by atoms with E-state index in [9.17, 15) is 4.79 Å². The summed E-state index contributed by atoms with van der Waals surface area (Å²) in [6, 6.07) is 16.2. The third-order valence-electron chi connectivity index (χ3n) is 4.78. The number of benzene rings is 2. The molecular formula is C22H28N2O. The molecule has 0 spiro atoms. The van der Waals surface area contributed by atoms with Gasteiger partial charge in [0.25, 0.3) is 5.91 Å². The lowest BCUT2D eigenvalue weighted by Crippen LogP contribution is -2.30. The molecule has 3 heteroatoms. The topological polar surface area (TPSA) is 32.3 Å². The van der Waals surface area contributed by atoms with Crippen molar-refractivity contribution in [1.29, 1.82) is 0 Å². The minimum atomic E-state index is 0.00920. The Morgan fingerprint density at radius 1 is 1.04 bits per heavy atom. The highest BCUT2D eigenvalue weighted by atomic mass is 16.1. The molecule has 1 amide bonds. The largest absolute Gasteiger partial charge is 0.348 e. The average molecular weight is 336 g/mol. The maximum absolute atomic E-state index is 12.5. The molecule has 1 aliphatic rings. The molecule has 0 unspecified atom stereocenters. The molecule has 1 N–H and O–H groups in total. The first-order valence-corrected chi connectivity index (χ1v) is 9.28. The summed E-state index contributed by atoms with van der Waals surface area (Å²) in [6.45, 7) is 8.46. The molecule has 0 radical (unpaired) electrons. The third-order valence-corrected chi connectivity index (χ3v) is 4.78. The first-order valence-electron chi connectivity index (χ1n) is 9.28. The second-order valence-electron chi connectivity index (χ2n) is 7.35. The van der Waals surface area contributed by atoms with E-state index in [1.165, 1.54) is 11.1 Å². The normalized spacial score (nSPS) is 14.8. The first-order chi connectivity index (χ1) is 12.1. The van der Waals surface area contributed by atoms with Crippen LogP contribution in [-0.4, -0.2) is 30.4 Å². The van der Waals surface area contributed by atoms with Gasteiger partial charge in [0.05, 0.1) is 0 Å². The predicted molar refractivity (Wildman–Crippen MR) is 103 cm³/mol. The Balaban J connectivity index is 1.63. The lowest BCUT2D eigenvalue weighted by molar-refractivity contribution is 0.0951. The zero-order valence-corrected chi connectivity index (χ0v) is 15.3. The van der Waals surface area contributed by atoms with Crippen LogP contribution in [0, 0.1) is 5.92 Å². The number of carbonyl (C=O) groups excluding carboxylic acids is 1. The molecule has 0 saturated carbocycles. The number of rotatable bonds is 5. The fourth-order valence-electron chi connectivity index (χ4n) is 3.49. The quantitative estimate of drug-likeness (QED) is 0.903. The van der Waals surface area contributed by atoms with Crippen LogP contribution in [0.4, 0.5) is 0 Å². The molecule has 0 aliphatic carbocycles. The van der Waals surface area contributed by atoms with Gasteiger partial charge in [-0.25, -0.2) is 0 Å². The Morgan fingerprint density at radius 3 is 2.48 bits per heavy atom. The van der Waals surface area contributed by atoms with Crippen molar-refractivity contribution in [3.63, 3.8) is 0 Å². The summed E-state index contributed by atoms with van der Waals surface area (Å²) >= 11 is 0. The van der Waals surface area contributed by atoms with Crippen molar-refractivity contribution in [2.24, 2.45) is 5.92 Å². The van der Waals surface area contributed by atoms with Crippen molar-refractivity contribution < 1.29 is 4.79 Å². The summed E-state index contributed by atoms with van der Waals surface area (Å²) in [5, 5.41) is 3.02. The van der Waals surface area contributed by atoms with E-state index in [2.05, 4.69) is 36.2 Å². The Labute approximate surface area is 151 Å². The highest BCUT2D eigenvalue weighted by Crippen LogP contribution is 2.18. The van der Waals surface area contributed by atoms with Crippen LogP contribution in [-0.2, 0) is 19.4 Å². The van der Waals surface area contributed by atoms with Gasteiger partial charge in [0, 0.05) is 31.7 Å². The second kappa shape index (κ2) is 8.30. The van der Waals surface area contributed by atoms with Crippen LogP contribution >= 0.6 is 0 Å². The number of amides is 1. The zero-order valence-electron chi connectivity index (χ0n) is 15.3. The maximum Gasteiger partial charge on any atom is 0.251 e. The predicted octanol–water partition coefficient (Wildman–Crippen LogP) is 3.67. The number of nitrogens with zero attached hydrogens (tertiary/aromatic N) is 1. The molecule has 25 heavy (non-hydrogen) atoms. The lowest BCUT2D eigenvalue weighted by atomic mass is 10.00. The van der Waals surface area contributed by atoms with Crippen LogP contribution in [0.15, 0.2) is 48.5 Å². The standard InChI is InChI=1S/C22H28N2O/c1-17(2)16-24-12-10-19-8-9-21(14-20(19)11-13-24)22(25)23-15-18-6-4-3-5-7-18/h3-9,14,17H,10-13,15-16H2,1-2H3,(H,23,25). The summed E-state index contributed by atoms with van der Waals surface area (Å²) in [7, 11) is 0. The highest BCUT2D eigenvalue weighted by molar-refractivity contribution is 5.94. The monoisotopic (exact) mass is 336 g/mol. The Hall–Kier alpha value is -2.13. The smallest absolute Gasteiger partial charge is 0.251 e. The van der Waals surface area contributed by atoms with E-state index in [1.807, 2.05) is 36.4 Å². The Kier molecular flexibility index (Phi) is 5.87. The van der Waals surface area contributed by atoms with E-state index in [1.54, 1.807) is 0 Å². The van der Waals surface area contributed by atoms with E-state index in [0.717, 1.165) is 43.6 Å². The minimum Gasteiger partial charge on any atom is -0.348 e. The third kappa shape index (κ3) is 4.93. The van der Waals surface area contributed by atoms with Gasteiger partial charge in [-0.2, -0.15) is 0 Å². The lowest BCUT2D eigenvalue weighted by Gasteiger charge is -2.21. The van der Waals surface area contributed by atoms with Gasteiger partial charge in [-0.05, 0) is 47.6 Å². The van der Waals surface area contributed by atoms with Crippen LogP contribution in [0.1, 0.15) is 40.9 Å². The molecule has 3 rings (SSSR count). The van der Waals surface area contributed by atoms with Crippen molar-refractivity contribution >= 4 is 5.91 Å². The average Bonchev–Trinajstić information content (AvgIpc) is 2.82. The molecule has 132 valence electrons. The molecule has 0 bridgehead atoms. The molecule has 1 heterocycles. The van der Waals surface area contributed by atoms with E-state index < -0.39 is 0 Å². The van der Waals surface area contributed by atoms with Gasteiger partial charge >= 0.3 is 0 Å². The summed E-state index contributed by atoms with van der Waals surface area (Å²) < 4.78 is 0. The van der Waals surface area contributed by atoms with Crippen LogP contribution < -0.4 is 5.32 Å². The second-order valence-corrected chi connectivity index (χ2v) is 7.35. The molecule has 1 aliphatic heterocycles. The molecular weight excluding hydrogens is 308 g/mol. The van der Waals surface area contributed by atoms with Crippen LogP contribution in [0.25, 0.3) is 0 Å². The van der Waals surface area contributed by atoms with Gasteiger partial charge in [-0.3, -0.25) is 4.79 Å². The maximum atomic E-state index is 12.5. The van der Waals surface area contributed by atoms with E-state index in [-0.39, 0.29) is 5.91 Å². The number of nitrogens with one attached hydrogen (secondary N) is 1. The summed E-state index contributed by atoms with van der Waals surface area (Å²) in [5.41, 5.74) is 4.62. The molecule has 0 atom stereocenters. The van der Waals surface area contributed by atoms with E-state index in [4.69, 9.17) is 0 Å². The van der Waals surface area contributed by atoms with Crippen molar-refractivity contribution in [3.05, 3.63) is 70.8 Å². The first kappa shape index (κ1) is 17.7. The van der Waals surface area contributed by atoms with Crippen LogP contribution in [0.3, 0.4) is 0 Å². The highest BCUT2D eigenvalue weighted by Gasteiger charge is 2.16. The van der Waals surface area contributed by atoms with Crippen molar-refractivity contribution in [1.82, 2.24) is 10.2 Å². The number of carbonyl (C=O) groups is 1. The van der Waals surface area contributed by atoms with Crippen molar-refractivity contribution in [2.75, 3.05) is 19.6 Å². The summed E-state index contributed by atoms with van der Waals surface area (Å²) in [6.07, 6.45) is 2.11. The molecule has 2 aromatic carbocycles. The van der Waals surface area contributed by atoms with Gasteiger partial charge in [0.15, 0.2) is 0 Å². The molecule has 0 saturated heterocycles. The van der Waals surface area contributed by atoms with Gasteiger partial charge < -0.3 is 10.2 Å². The minimum absolute atomic E-state index is 0.00920. The zero-order chi connectivity index (χ0) is 17.6. The summed E-state index contributed by atoms with van der Waals surface area (Å²) in [5.74, 6) is 0.704. The number of hydrogen-bond acceptors (Lipinski definition) is 2. The fourth-order valence-corrected chi connectivity index (χ4v) is 3.49. The van der Waals surface area contributed by atoms with Crippen molar-refractivity contribution in [2.45, 2.75) is 33.2 Å². The Morgan fingerprint density at radius 2 is 1.76 bits per heavy atom.